The van der Waals surface area contributed by atoms with E-state index in [1.54, 1.807) is 0 Å². The van der Waals surface area contributed by atoms with Crippen LogP contribution in [0.25, 0.3) is 11.1 Å². The molecule has 0 saturated heterocycles. The molecule has 0 saturated carbocycles. The van der Waals surface area contributed by atoms with Crippen LogP contribution in [-0.2, 0) is 17.8 Å². The number of fused-ring (bicyclic) bond motifs is 3. The van der Waals surface area contributed by atoms with Gasteiger partial charge in [0.1, 0.15) is 0 Å². The van der Waals surface area contributed by atoms with Gasteiger partial charge in [0.05, 0.1) is 19.8 Å². The molecule has 1 N–H and O–H groups in total. The first-order valence-corrected chi connectivity index (χ1v) is 7.45. The largest absolute Gasteiger partial charge is 0.394 e. The molecule has 0 amide bonds. The van der Waals surface area contributed by atoms with E-state index in [1.807, 2.05) is 0 Å². The molecule has 1 aliphatic rings. The van der Waals surface area contributed by atoms with Gasteiger partial charge in [0.15, 0.2) is 0 Å². The van der Waals surface area contributed by atoms with E-state index in [4.69, 9.17) is 9.84 Å². The smallest absolute Gasteiger partial charge is 0.0698 e. The summed E-state index contributed by atoms with van der Waals surface area (Å²) >= 11 is 0. The Balaban J connectivity index is 1.83. The molecule has 0 bridgehead atoms. The molecule has 0 spiro atoms. The lowest BCUT2D eigenvalue weighted by molar-refractivity contribution is 0.0706. The standard InChI is InChI=1S/C18H21NO2/c20-10-12-21-11-9-19-13-15-5-1-3-7-17(15)18-8-4-2-6-16(18)14-19/h1-8,20H,9-14H2. The topological polar surface area (TPSA) is 32.7 Å². The maximum Gasteiger partial charge on any atom is 0.0698 e. The molecule has 1 aliphatic heterocycles. The van der Waals surface area contributed by atoms with Gasteiger partial charge in [-0.3, -0.25) is 4.90 Å². The Kier molecular flexibility index (Phi) is 4.65. The summed E-state index contributed by atoms with van der Waals surface area (Å²) in [4.78, 5) is 2.40. The Labute approximate surface area is 125 Å². The Morgan fingerprint density at radius 1 is 0.857 bits per heavy atom. The molecule has 0 unspecified atom stereocenters. The second kappa shape index (κ2) is 6.85. The highest BCUT2D eigenvalue weighted by atomic mass is 16.5. The van der Waals surface area contributed by atoms with Crippen LogP contribution in [0.3, 0.4) is 0 Å². The van der Waals surface area contributed by atoms with Crippen LogP contribution in [0.1, 0.15) is 11.1 Å². The molecule has 0 aliphatic carbocycles. The fraction of sp³-hybridized carbons (Fsp3) is 0.333. The van der Waals surface area contributed by atoms with Gasteiger partial charge >= 0.3 is 0 Å². The van der Waals surface area contributed by atoms with Crippen molar-refractivity contribution in [3.63, 3.8) is 0 Å². The first-order chi connectivity index (χ1) is 10.4. The van der Waals surface area contributed by atoms with Crippen molar-refractivity contribution in [2.24, 2.45) is 0 Å². The number of aliphatic hydroxyl groups is 1. The average Bonchev–Trinajstić information content (AvgIpc) is 2.68. The normalized spacial score (nSPS) is 14.3. The lowest BCUT2D eigenvalue weighted by Crippen LogP contribution is -2.26. The monoisotopic (exact) mass is 283 g/mol. The van der Waals surface area contributed by atoms with E-state index in [1.165, 1.54) is 22.3 Å². The Bertz CT molecular complexity index is 550. The third-order valence-electron chi connectivity index (χ3n) is 3.90. The summed E-state index contributed by atoms with van der Waals surface area (Å²) in [6.45, 7) is 3.92. The molecule has 2 aromatic carbocycles. The zero-order valence-electron chi connectivity index (χ0n) is 12.2. The number of ether oxygens (including phenoxy) is 1. The highest BCUT2D eigenvalue weighted by molar-refractivity contribution is 5.71. The van der Waals surface area contributed by atoms with Gasteiger partial charge in [0, 0.05) is 19.6 Å². The summed E-state index contributed by atoms with van der Waals surface area (Å²) in [5, 5.41) is 8.77. The van der Waals surface area contributed by atoms with Crippen LogP contribution >= 0.6 is 0 Å². The van der Waals surface area contributed by atoms with Crippen molar-refractivity contribution in [3.05, 3.63) is 59.7 Å². The molecule has 3 rings (SSSR count). The maximum atomic E-state index is 8.77. The Morgan fingerprint density at radius 3 is 2.00 bits per heavy atom. The molecule has 2 aromatic rings. The molecular weight excluding hydrogens is 262 g/mol. The second-order valence-corrected chi connectivity index (χ2v) is 5.36. The summed E-state index contributed by atoms with van der Waals surface area (Å²) in [7, 11) is 0. The predicted octanol–water partition coefficient (Wildman–Crippen LogP) is 2.68. The summed E-state index contributed by atoms with van der Waals surface area (Å²) < 4.78 is 5.41. The van der Waals surface area contributed by atoms with Crippen molar-refractivity contribution in [3.8, 4) is 11.1 Å². The molecule has 3 heteroatoms. The number of benzene rings is 2. The third-order valence-corrected chi connectivity index (χ3v) is 3.90. The van der Waals surface area contributed by atoms with E-state index < -0.39 is 0 Å². The molecular formula is C18H21NO2. The molecule has 3 nitrogen and oxygen atoms in total. The van der Waals surface area contributed by atoms with Crippen LogP contribution in [0.2, 0.25) is 0 Å². The molecule has 0 fully saturated rings. The van der Waals surface area contributed by atoms with Crippen LogP contribution in [0.15, 0.2) is 48.5 Å². The van der Waals surface area contributed by atoms with E-state index in [0.717, 1.165) is 19.6 Å². The minimum absolute atomic E-state index is 0.0890. The van der Waals surface area contributed by atoms with Crippen molar-refractivity contribution in [2.75, 3.05) is 26.4 Å². The van der Waals surface area contributed by atoms with Gasteiger partial charge in [0.2, 0.25) is 0 Å². The maximum absolute atomic E-state index is 8.77. The van der Waals surface area contributed by atoms with Crippen LogP contribution in [0.4, 0.5) is 0 Å². The molecule has 1 heterocycles. The van der Waals surface area contributed by atoms with Crippen molar-refractivity contribution >= 4 is 0 Å². The summed E-state index contributed by atoms with van der Waals surface area (Å²) in [6.07, 6.45) is 0. The quantitative estimate of drug-likeness (QED) is 0.856. The van der Waals surface area contributed by atoms with Gasteiger partial charge in [-0.2, -0.15) is 0 Å². The lowest BCUT2D eigenvalue weighted by Gasteiger charge is -2.20. The average molecular weight is 283 g/mol. The minimum atomic E-state index is 0.0890. The summed E-state index contributed by atoms with van der Waals surface area (Å²) in [6, 6.07) is 17.3. The fourth-order valence-electron chi connectivity index (χ4n) is 2.90. The van der Waals surface area contributed by atoms with Gasteiger partial charge in [-0.15, -0.1) is 0 Å². The zero-order valence-corrected chi connectivity index (χ0v) is 12.2. The van der Waals surface area contributed by atoms with Crippen LogP contribution < -0.4 is 0 Å². The van der Waals surface area contributed by atoms with E-state index >= 15 is 0 Å². The molecule has 0 atom stereocenters. The van der Waals surface area contributed by atoms with Gasteiger partial charge in [-0.05, 0) is 22.3 Å². The SMILES string of the molecule is OCCOCCN1Cc2ccccc2-c2ccccc2C1. The van der Waals surface area contributed by atoms with Crippen molar-refractivity contribution < 1.29 is 9.84 Å². The molecule has 0 radical (unpaired) electrons. The number of hydrogen-bond acceptors (Lipinski definition) is 3. The second-order valence-electron chi connectivity index (χ2n) is 5.36. The highest BCUT2D eigenvalue weighted by Gasteiger charge is 2.18. The van der Waals surface area contributed by atoms with E-state index in [2.05, 4.69) is 53.4 Å². The van der Waals surface area contributed by atoms with Crippen LogP contribution in [0.5, 0.6) is 0 Å². The molecule has 110 valence electrons. The summed E-state index contributed by atoms with van der Waals surface area (Å²) in [5.41, 5.74) is 5.41. The molecule has 21 heavy (non-hydrogen) atoms. The van der Waals surface area contributed by atoms with Crippen molar-refractivity contribution in [1.29, 1.82) is 0 Å². The van der Waals surface area contributed by atoms with E-state index in [0.29, 0.717) is 13.2 Å². The minimum Gasteiger partial charge on any atom is -0.394 e. The Hall–Kier alpha value is -1.68. The third kappa shape index (κ3) is 3.32. The Morgan fingerprint density at radius 2 is 1.43 bits per heavy atom. The van der Waals surface area contributed by atoms with Gasteiger partial charge in [0.25, 0.3) is 0 Å². The van der Waals surface area contributed by atoms with Crippen molar-refractivity contribution in [2.45, 2.75) is 13.1 Å². The van der Waals surface area contributed by atoms with Gasteiger partial charge in [-0.1, -0.05) is 48.5 Å². The predicted molar refractivity (Wildman–Crippen MR) is 83.9 cm³/mol. The first kappa shape index (κ1) is 14.3. The van der Waals surface area contributed by atoms with E-state index in [9.17, 15) is 0 Å². The van der Waals surface area contributed by atoms with Gasteiger partial charge < -0.3 is 9.84 Å². The van der Waals surface area contributed by atoms with E-state index in [-0.39, 0.29) is 6.61 Å². The number of aliphatic hydroxyl groups excluding tert-OH is 1. The number of hydrogen-bond donors (Lipinski definition) is 1. The zero-order chi connectivity index (χ0) is 14.5. The number of nitrogens with zero attached hydrogens (tertiary/aromatic N) is 1. The van der Waals surface area contributed by atoms with Gasteiger partial charge in [-0.25, -0.2) is 0 Å². The number of rotatable bonds is 5. The van der Waals surface area contributed by atoms with Crippen LogP contribution in [-0.4, -0.2) is 36.4 Å². The summed E-state index contributed by atoms with van der Waals surface area (Å²) in [5.74, 6) is 0. The van der Waals surface area contributed by atoms with Crippen LogP contribution in [0, 0.1) is 0 Å². The van der Waals surface area contributed by atoms with Crippen molar-refractivity contribution in [1.82, 2.24) is 4.90 Å². The first-order valence-electron chi connectivity index (χ1n) is 7.45. The molecule has 0 aromatic heterocycles. The lowest BCUT2D eigenvalue weighted by atomic mass is 9.97. The fourth-order valence-corrected chi connectivity index (χ4v) is 2.90. The highest BCUT2D eigenvalue weighted by Crippen LogP contribution is 2.32.